The minimum Gasteiger partial charge on any atom is -0.464 e. The molecule has 11 heteroatoms. The average Bonchev–Trinajstić information content (AvgIpc) is 3.52. The highest BCUT2D eigenvalue weighted by Gasteiger charge is 2.19. The topological polar surface area (TPSA) is 128 Å². The molecule has 2 aromatic heterocycles. The van der Waals surface area contributed by atoms with E-state index in [1.54, 1.807) is 25.4 Å². The summed E-state index contributed by atoms with van der Waals surface area (Å²) in [6.07, 6.45) is 7.79. The number of carbonyl (C=O) groups is 1. The van der Waals surface area contributed by atoms with E-state index < -0.39 is 11.5 Å². The standard InChI is InChI=1S/C27H34N4O6.C4H8.C2H6.CH3F/c1-5-37-23(32)17-36-14-13-35-12-11-31-22(15-19-9-7-6-8-10-19)25(33)30-21(26(31)34)16-20-24(27(2,3)4)29-18-28-20;1-3-4-2;2*1-2/h6-10,15-16,18H,5,11-14,17H2,1-4H3,(H,28,29)(H,30,33);3H,1,4H2,2H3;1-2H3;1H3/b21-16-,22-15-;;;. The molecule has 3 aromatic rings. The third-order valence-corrected chi connectivity index (χ3v) is 5.70. The van der Waals surface area contributed by atoms with E-state index in [9.17, 15) is 18.8 Å². The van der Waals surface area contributed by atoms with Crippen molar-refractivity contribution in [1.29, 1.82) is 0 Å². The van der Waals surface area contributed by atoms with Crippen LogP contribution in [-0.2, 0) is 31.0 Å². The van der Waals surface area contributed by atoms with E-state index in [1.807, 2.05) is 71.0 Å². The van der Waals surface area contributed by atoms with E-state index in [1.165, 1.54) is 4.57 Å². The number of aromatic amines is 2. The van der Waals surface area contributed by atoms with Crippen molar-refractivity contribution in [2.75, 3.05) is 40.2 Å². The predicted octanol–water partition coefficient (Wildman–Crippen LogP) is 4.01. The molecule has 0 aliphatic rings. The Morgan fingerprint density at radius 3 is 2.22 bits per heavy atom. The van der Waals surface area contributed by atoms with Crippen LogP contribution in [0.15, 0.2) is 58.9 Å². The van der Waals surface area contributed by atoms with Gasteiger partial charge in [0, 0.05) is 17.7 Å². The van der Waals surface area contributed by atoms with E-state index in [2.05, 4.69) is 28.5 Å². The van der Waals surface area contributed by atoms with Gasteiger partial charge in [0.25, 0.3) is 11.1 Å². The number of imidazole rings is 1. The Balaban J connectivity index is 0.00000220. The molecule has 1 aromatic carbocycles. The Bertz CT molecular complexity index is 1490. The Morgan fingerprint density at radius 1 is 1.02 bits per heavy atom. The number of carbonyl (C=O) groups excluding carboxylic acids is 1. The number of allylic oxidation sites excluding steroid dienone is 1. The van der Waals surface area contributed by atoms with Crippen LogP contribution in [0, 0.1) is 0 Å². The highest BCUT2D eigenvalue weighted by molar-refractivity contribution is 5.70. The molecule has 0 radical (unpaired) electrons. The minimum absolute atomic E-state index is 0.130. The summed E-state index contributed by atoms with van der Waals surface area (Å²) >= 11 is 0. The summed E-state index contributed by atoms with van der Waals surface area (Å²) in [5.74, 6) is -0.436. The van der Waals surface area contributed by atoms with Gasteiger partial charge in [0.2, 0.25) is 0 Å². The zero-order valence-electron chi connectivity index (χ0n) is 28.1. The Morgan fingerprint density at radius 2 is 1.64 bits per heavy atom. The van der Waals surface area contributed by atoms with Crippen molar-refractivity contribution in [2.45, 2.75) is 66.8 Å². The normalized spacial score (nSPS) is 11.3. The predicted molar refractivity (Wildman–Crippen MR) is 179 cm³/mol. The van der Waals surface area contributed by atoms with Gasteiger partial charge in [0.1, 0.15) is 17.3 Å². The summed E-state index contributed by atoms with van der Waals surface area (Å²) < 4.78 is 26.5. The van der Waals surface area contributed by atoms with Gasteiger partial charge in [-0.1, -0.05) is 78.0 Å². The van der Waals surface area contributed by atoms with Crippen LogP contribution < -0.4 is 21.8 Å². The van der Waals surface area contributed by atoms with Crippen LogP contribution in [0.5, 0.6) is 0 Å². The second kappa shape index (κ2) is 23.3. The van der Waals surface area contributed by atoms with Gasteiger partial charge in [-0.15, -0.1) is 6.58 Å². The Kier molecular flexibility index (Phi) is 21.2. The summed E-state index contributed by atoms with van der Waals surface area (Å²) in [6, 6.07) is 9.29. The highest BCUT2D eigenvalue weighted by Crippen LogP contribution is 2.22. The maximum Gasteiger partial charge on any atom is 0.332 e. The van der Waals surface area contributed by atoms with Crippen molar-refractivity contribution in [1.82, 2.24) is 19.5 Å². The molecule has 45 heavy (non-hydrogen) atoms. The van der Waals surface area contributed by atoms with Crippen LogP contribution in [0.1, 0.15) is 71.8 Å². The first kappa shape index (κ1) is 40.9. The summed E-state index contributed by atoms with van der Waals surface area (Å²) in [4.78, 5) is 48.1. The largest absolute Gasteiger partial charge is 0.464 e. The second-order valence-corrected chi connectivity index (χ2v) is 9.99. The average molecular weight is 631 g/mol. The maximum atomic E-state index is 13.5. The molecular formula is C34H51FN4O6. The van der Waals surface area contributed by atoms with Crippen molar-refractivity contribution in [3.8, 4) is 0 Å². The Labute approximate surface area is 265 Å². The van der Waals surface area contributed by atoms with Crippen molar-refractivity contribution in [2.24, 2.45) is 0 Å². The number of ether oxygens (including phenoxy) is 3. The number of halogens is 1. The smallest absolute Gasteiger partial charge is 0.332 e. The molecule has 0 saturated carbocycles. The van der Waals surface area contributed by atoms with Crippen molar-refractivity contribution in [3.63, 3.8) is 0 Å². The third-order valence-electron chi connectivity index (χ3n) is 5.70. The SMILES string of the molecule is C=CCC.CC.CCOC(=O)COCCOCCn1c(=O)/c(=C/c2nc[nH]c2C(C)(C)C)[nH]c(=O)/c1=C/c1ccccc1.CF. The van der Waals surface area contributed by atoms with Gasteiger partial charge in [0.15, 0.2) is 0 Å². The first-order valence-corrected chi connectivity index (χ1v) is 15.1. The molecule has 0 unspecified atom stereocenters. The molecule has 0 spiro atoms. The number of benzene rings is 1. The number of hydrogen-bond acceptors (Lipinski definition) is 7. The van der Waals surface area contributed by atoms with Gasteiger partial charge in [-0.25, -0.2) is 9.78 Å². The van der Waals surface area contributed by atoms with Crippen molar-refractivity contribution >= 4 is 18.1 Å². The number of nitrogens with zero attached hydrogens (tertiary/aromatic N) is 2. The lowest BCUT2D eigenvalue weighted by atomic mass is 9.90. The molecule has 0 amide bonds. The molecule has 3 rings (SSSR count). The number of rotatable bonds is 12. The van der Waals surface area contributed by atoms with E-state index >= 15 is 0 Å². The lowest BCUT2D eigenvalue weighted by molar-refractivity contribution is -0.148. The second-order valence-electron chi connectivity index (χ2n) is 9.99. The van der Waals surface area contributed by atoms with E-state index in [4.69, 9.17) is 14.2 Å². The molecular weight excluding hydrogens is 579 g/mol. The summed E-state index contributed by atoms with van der Waals surface area (Å²) in [5, 5.41) is 0.346. The molecule has 0 aliphatic heterocycles. The maximum absolute atomic E-state index is 13.5. The molecule has 2 heterocycles. The molecule has 250 valence electrons. The first-order valence-electron chi connectivity index (χ1n) is 15.1. The fourth-order valence-corrected chi connectivity index (χ4v) is 3.67. The van der Waals surface area contributed by atoms with Crippen LogP contribution in [0.4, 0.5) is 4.39 Å². The number of nitrogens with one attached hydrogen (secondary N) is 2. The fraction of sp³-hybridized carbons (Fsp3) is 0.471. The third kappa shape index (κ3) is 15.0. The van der Waals surface area contributed by atoms with Gasteiger partial charge in [-0.3, -0.25) is 18.5 Å². The van der Waals surface area contributed by atoms with Gasteiger partial charge in [-0.05, 0) is 31.1 Å². The van der Waals surface area contributed by atoms with Gasteiger partial charge in [0.05, 0.1) is 45.6 Å². The monoisotopic (exact) mass is 630 g/mol. The van der Waals surface area contributed by atoms with Crippen LogP contribution in [0.3, 0.4) is 0 Å². The highest BCUT2D eigenvalue weighted by atomic mass is 19.1. The summed E-state index contributed by atoms with van der Waals surface area (Å²) in [7, 11) is 0.500. The molecule has 0 saturated heterocycles. The number of hydrogen-bond donors (Lipinski definition) is 2. The quantitative estimate of drug-likeness (QED) is 0.176. The van der Waals surface area contributed by atoms with Crippen LogP contribution in [0.25, 0.3) is 12.2 Å². The molecule has 10 nitrogen and oxygen atoms in total. The first-order chi connectivity index (χ1) is 21.6. The lowest BCUT2D eigenvalue weighted by Crippen LogP contribution is -2.53. The summed E-state index contributed by atoms with van der Waals surface area (Å²) in [5.41, 5.74) is 1.22. The number of aromatic nitrogens is 4. The molecule has 0 atom stereocenters. The molecule has 0 fully saturated rings. The molecule has 0 bridgehead atoms. The zero-order valence-corrected chi connectivity index (χ0v) is 28.1. The number of alkyl halides is 1. The molecule has 0 aliphatic carbocycles. The minimum atomic E-state index is -0.436. The number of esters is 1. The number of H-pyrrole nitrogens is 2. The van der Waals surface area contributed by atoms with E-state index in [-0.39, 0.29) is 54.6 Å². The van der Waals surface area contributed by atoms with Gasteiger partial charge < -0.3 is 24.2 Å². The zero-order chi connectivity index (χ0) is 34.3. The fourth-order valence-electron chi connectivity index (χ4n) is 3.67. The van der Waals surface area contributed by atoms with Crippen LogP contribution in [-0.4, -0.2) is 65.7 Å². The van der Waals surface area contributed by atoms with E-state index in [0.717, 1.165) is 17.7 Å². The van der Waals surface area contributed by atoms with Crippen molar-refractivity contribution in [3.05, 3.63) is 97.7 Å². The summed E-state index contributed by atoms with van der Waals surface area (Å²) in [6.45, 7) is 18.2. The van der Waals surface area contributed by atoms with Gasteiger partial charge in [-0.2, -0.15) is 0 Å². The van der Waals surface area contributed by atoms with E-state index in [0.29, 0.717) is 19.5 Å². The lowest BCUT2D eigenvalue weighted by Gasteiger charge is -2.17. The van der Waals surface area contributed by atoms with Crippen molar-refractivity contribution < 1.29 is 23.4 Å². The van der Waals surface area contributed by atoms with Crippen LogP contribution >= 0.6 is 0 Å². The van der Waals surface area contributed by atoms with Crippen LogP contribution in [0.2, 0.25) is 0 Å². The molecule has 2 N–H and O–H groups in total. The van der Waals surface area contributed by atoms with Gasteiger partial charge >= 0.3 is 5.97 Å². The Hall–Kier alpha value is -4.09.